The third-order valence-electron chi connectivity index (χ3n) is 0.788. The summed E-state index contributed by atoms with van der Waals surface area (Å²) in [5, 5.41) is 18.2. The van der Waals surface area contributed by atoms with E-state index in [1.54, 1.807) is 11.8 Å². The van der Waals surface area contributed by atoms with Gasteiger partial charge in [0.1, 0.15) is 0 Å². The fourth-order valence-corrected chi connectivity index (χ4v) is 1.07. The van der Waals surface area contributed by atoms with Gasteiger partial charge >= 0.3 is 0 Å². The van der Waals surface area contributed by atoms with Crippen LogP contribution in [0.4, 0.5) is 0 Å². The van der Waals surface area contributed by atoms with Crippen LogP contribution < -0.4 is 5.32 Å². The van der Waals surface area contributed by atoms with Gasteiger partial charge in [0.15, 0.2) is 5.17 Å². The van der Waals surface area contributed by atoms with Crippen LogP contribution in [0, 0.1) is 5.41 Å². The number of amidine groups is 1. The summed E-state index contributed by atoms with van der Waals surface area (Å²) in [4.78, 5) is 9.00. The number of nitrogens with one attached hydrogen (secondary N) is 2. The number of aliphatic carboxylic acids is 1. The lowest BCUT2D eigenvalue weighted by atomic mass is 10.6. The molecule has 3 N–H and O–H groups in total. The fourth-order valence-electron chi connectivity index (χ4n) is 0.416. The Bertz CT molecular complexity index is 147. The summed E-state index contributed by atoms with van der Waals surface area (Å²) in [6, 6.07) is 0. The first-order valence-corrected chi connectivity index (χ1v) is 5.17. The molecule has 0 saturated carbocycles. The van der Waals surface area contributed by atoms with E-state index in [0.29, 0.717) is 5.17 Å². The smallest absolute Gasteiger partial charge is 0.300 e. The Morgan fingerprint density at radius 1 is 1.54 bits per heavy atom. The van der Waals surface area contributed by atoms with Crippen molar-refractivity contribution in [2.75, 3.05) is 12.3 Å². The monoisotopic (exact) mass is 206 g/mol. The number of carboxylic acids is 1. The largest absolute Gasteiger partial charge is 0.481 e. The van der Waals surface area contributed by atoms with Crippen molar-refractivity contribution >= 4 is 22.9 Å². The Morgan fingerprint density at radius 3 is 2.31 bits per heavy atom. The summed E-state index contributed by atoms with van der Waals surface area (Å²) < 4.78 is 0. The predicted octanol–water partition coefficient (Wildman–Crippen LogP) is 1.76. The van der Waals surface area contributed by atoms with Gasteiger partial charge in [-0.2, -0.15) is 0 Å². The van der Waals surface area contributed by atoms with Gasteiger partial charge in [-0.15, -0.1) is 0 Å². The van der Waals surface area contributed by atoms with Gasteiger partial charge < -0.3 is 10.4 Å². The Kier molecular flexibility index (Phi) is 12.8. The highest BCUT2D eigenvalue weighted by molar-refractivity contribution is 8.13. The van der Waals surface area contributed by atoms with E-state index in [1.807, 2.05) is 6.92 Å². The molecular weight excluding hydrogens is 188 g/mol. The molecular formula is C8H18N2O2S. The number of hydrogen-bond acceptors (Lipinski definition) is 3. The fraction of sp³-hybridized carbons (Fsp3) is 0.750. The van der Waals surface area contributed by atoms with Crippen LogP contribution >= 0.6 is 11.8 Å². The second kappa shape index (κ2) is 11.3. The van der Waals surface area contributed by atoms with Crippen molar-refractivity contribution < 1.29 is 9.90 Å². The number of carbonyl (C=O) groups is 1. The Labute approximate surface area is 83.6 Å². The molecule has 0 aliphatic heterocycles. The van der Waals surface area contributed by atoms with Crippen molar-refractivity contribution in [1.82, 2.24) is 5.32 Å². The van der Waals surface area contributed by atoms with Gasteiger partial charge in [-0.25, -0.2) is 0 Å². The molecule has 0 atom stereocenters. The molecule has 0 aromatic heterocycles. The molecule has 4 nitrogen and oxygen atoms in total. The minimum absolute atomic E-state index is 0.597. The molecule has 0 fully saturated rings. The van der Waals surface area contributed by atoms with Crippen LogP contribution in [0.15, 0.2) is 0 Å². The molecule has 0 saturated heterocycles. The summed E-state index contributed by atoms with van der Waals surface area (Å²) in [5.41, 5.74) is 0. The molecule has 0 spiro atoms. The maximum atomic E-state index is 9.00. The molecule has 0 aliphatic carbocycles. The predicted molar refractivity (Wildman–Crippen MR) is 57.5 cm³/mol. The average Bonchev–Trinajstić information content (AvgIpc) is 2.00. The molecule has 5 heteroatoms. The zero-order valence-corrected chi connectivity index (χ0v) is 9.20. The third-order valence-corrected chi connectivity index (χ3v) is 1.83. The summed E-state index contributed by atoms with van der Waals surface area (Å²) >= 11 is 1.57. The quantitative estimate of drug-likeness (QED) is 0.486. The molecule has 0 aliphatic rings. The first-order chi connectivity index (χ1) is 6.04. The molecule has 0 radical (unpaired) electrons. The molecule has 0 heterocycles. The van der Waals surface area contributed by atoms with Gasteiger partial charge in [0, 0.05) is 19.2 Å². The molecule has 13 heavy (non-hydrogen) atoms. The first-order valence-electron chi connectivity index (χ1n) is 4.19. The van der Waals surface area contributed by atoms with E-state index < -0.39 is 5.97 Å². The van der Waals surface area contributed by atoms with Crippen molar-refractivity contribution in [2.45, 2.75) is 27.2 Å². The van der Waals surface area contributed by atoms with Crippen molar-refractivity contribution in [3.63, 3.8) is 0 Å². The lowest BCUT2D eigenvalue weighted by molar-refractivity contribution is -0.134. The summed E-state index contributed by atoms with van der Waals surface area (Å²) in [6.07, 6.45) is 1.14. The minimum Gasteiger partial charge on any atom is -0.481 e. The van der Waals surface area contributed by atoms with Crippen molar-refractivity contribution in [3.8, 4) is 0 Å². The first kappa shape index (κ1) is 14.8. The lowest BCUT2D eigenvalue weighted by Gasteiger charge is -2.01. The zero-order valence-electron chi connectivity index (χ0n) is 8.39. The highest BCUT2D eigenvalue weighted by Gasteiger charge is 1.90. The molecule has 0 rings (SSSR count). The molecule has 0 aromatic rings. The number of rotatable bonds is 3. The molecule has 0 bridgehead atoms. The van der Waals surface area contributed by atoms with Crippen molar-refractivity contribution in [3.05, 3.63) is 0 Å². The Hall–Kier alpha value is -0.710. The average molecular weight is 206 g/mol. The van der Waals surface area contributed by atoms with Crippen LogP contribution in [0.1, 0.15) is 27.2 Å². The Morgan fingerprint density at radius 2 is 2.00 bits per heavy atom. The van der Waals surface area contributed by atoms with Gasteiger partial charge in [-0.1, -0.05) is 18.7 Å². The van der Waals surface area contributed by atoms with Gasteiger partial charge in [-0.05, 0) is 13.3 Å². The van der Waals surface area contributed by atoms with E-state index in [-0.39, 0.29) is 0 Å². The van der Waals surface area contributed by atoms with Crippen LogP contribution in [-0.4, -0.2) is 28.5 Å². The van der Waals surface area contributed by atoms with E-state index in [1.165, 1.54) is 0 Å². The lowest BCUT2D eigenvalue weighted by Crippen LogP contribution is -2.18. The van der Waals surface area contributed by atoms with Crippen LogP contribution in [0.5, 0.6) is 0 Å². The van der Waals surface area contributed by atoms with Crippen molar-refractivity contribution in [1.29, 1.82) is 5.41 Å². The summed E-state index contributed by atoms with van der Waals surface area (Å²) in [6.45, 7) is 6.06. The van der Waals surface area contributed by atoms with E-state index in [0.717, 1.165) is 25.6 Å². The Balaban J connectivity index is 0. The second-order valence-corrected chi connectivity index (χ2v) is 3.33. The van der Waals surface area contributed by atoms with Gasteiger partial charge in [0.2, 0.25) is 0 Å². The van der Waals surface area contributed by atoms with Gasteiger partial charge in [0.05, 0.1) is 0 Å². The maximum absolute atomic E-state index is 9.00. The topological polar surface area (TPSA) is 73.2 Å². The SMILES string of the molecule is CC(=O)O.CCCSC(=N)NCC. The van der Waals surface area contributed by atoms with Crippen LogP contribution in [0.25, 0.3) is 0 Å². The van der Waals surface area contributed by atoms with E-state index in [4.69, 9.17) is 15.3 Å². The van der Waals surface area contributed by atoms with Crippen LogP contribution in [0.2, 0.25) is 0 Å². The zero-order chi connectivity index (χ0) is 10.7. The van der Waals surface area contributed by atoms with E-state index in [9.17, 15) is 0 Å². The number of hydrogen-bond donors (Lipinski definition) is 3. The van der Waals surface area contributed by atoms with Crippen molar-refractivity contribution in [2.24, 2.45) is 0 Å². The third kappa shape index (κ3) is 24.6. The van der Waals surface area contributed by atoms with Gasteiger partial charge in [0.25, 0.3) is 5.97 Å². The normalized spacial score (nSPS) is 8.23. The molecule has 0 unspecified atom stereocenters. The molecule has 0 amide bonds. The van der Waals surface area contributed by atoms with Crippen LogP contribution in [-0.2, 0) is 4.79 Å². The highest BCUT2D eigenvalue weighted by Crippen LogP contribution is 2.00. The maximum Gasteiger partial charge on any atom is 0.300 e. The standard InChI is InChI=1S/C6H14N2S.C2H4O2/c1-3-5-9-6(7)8-4-2;1-2(3)4/h3-5H2,1-2H3,(H2,7,8);1H3,(H,3,4). The molecule has 78 valence electrons. The molecule has 0 aromatic carbocycles. The van der Waals surface area contributed by atoms with E-state index in [2.05, 4.69) is 12.2 Å². The summed E-state index contributed by atoms with van der Waals surface area (Å²) in [5.74, 6) is 0.214. The second-order valence-electron chi connectivity index (χ2n) is 2.23. The minimum atomic E-state index is -0.833. The van der Waals surface area contributed by atoms with Gasteiger partial charge in [-0.3, -0.25) is 10.2 Å². The summed E-state index contributed by atoms with van der Waals surface area (Å²) in [7, 11) is 0. The number of thioether (sulfide) groups is 1. The van der Waals surface area contributed by atoms with Crippen LogP contribution in [0.3, 0.4) is 0 Å². The van der Waals surface area contributed by atoms with E-state index >= 15 is 0 Å². The highest BCUT2D eigenvalue weighted by atomic mass is 32.2. The number of carboxylic acid groups (broad SMARTS) is 1.